The maximum atomic E-state index is 11.6. The van der Waals surface area contributed by atoms with Gasteiger partial charge >= 0.3 is 0 Å². The Balaban J connectivity index is 0.00000147. The van der Waals surface area contributed by atoms with Gasteiger partial charge < -0.3 is 15.2 Å². The van der Waals surface area contributed by atoms with Gasteiger partial charge in [-0.1, -0.05) is 12.1 Å². The molecule has 2 N–H and O–H groups in total. The standard InChI is InChI=1S/C14H18N4O.ClH/c19-14(11-8-15-9-11)16-6-3-7-18-10-17-12-4-1-2-5-13(12)18;/h1-2,4-5,10-11,15H,3,6-9H2,(H,16,19);1H. The summed E-state index contributed by atoms with van der Waals surface area (Å²) in [5.41, 5.74) is 2.17. The molecule has 2 aromatic rings. The van der Waals surface area contributed by atoms with Crippen LogP contribution in [0, 0.1) is 5.92 Å². The summed E-state index contributed by atoms with van der Waals surface area (Å²) in [5, 5.41) is 6.08. The first-order valence-corrected chi connectivity index (χ1v) is 6.73. The molecule has 1 fully saturated rings. The molecule has 1 aromatic carbocycles. The maximum Gasteiger partial charge on any atom is 0.225 e. The van der Waals surface area contributed by atoms with Crippen molar-refractivity contribution in [3.63, 3.8) is 0 Å². The summed E-state index contributed by atoms with van der Waals surface area (Å²) < 4.78 is 2.13. The van der Waals surface area contributed by atoms with Crippen molar-refractivity contribution in [1.29, 1.82) is 0 Å². The van der Waals surface area contributed by atoms with Crippen LogP contribution in [0.25, 0.3) is 11.0 Å². The lowest BCUT2D eigenvalue weighted by Crippen LogP contribution is -2.50. The van der Waals surface area contributed by atoms with E-state index >= 15 is 0 Å². The van der Waals surface area contributed by atoms with E-state index in [1.165, 1.54) is 0 Å². The summed E-state index contributed by atoms with van der Waals surface area (Å²) in [6.45, 7) is 3.24. The highest BCUT2D eigenvalue weighted by atomic mass is 35.5. The Morgan fingerprint density at radius 2 is 2.20 bits per heavy atom. The van der Waals surface area contributed by atoms with Crippen molar-refractivity contribution in [3.05, 3.63) is 30.6 Å². The molecule has 1 aromatic heterocycles. The van der Waals surface area contributed by atoms with Gasteiger partial charge in [0.25, 0.3) is 0 Å². The lowest BCUT2D eigenvalue weighted by Gasteiger charge is -2.25. The number of para-hydroxylation sites is 2. The number of nitrogens with one attached hydrogen (secondary N) is 2. The summed E-state index contributed by atoms with van der Waals surface area (Å²) in [4.78, 5) is 16.0. The highest BCUT2D eigenvalue weighted by molar-refractivity contribution is 5.85. The number of imidazole rings is 1. The number of carbonyl (C=O) groups is 1. The zero-order valence-corrected chi connectivity index (χ0v) is 12.0. The minimum atomic E-state index is 0. The summed E-state index contributed by atoms with van der Waals surface area (Å²) in [7, 11) is 0. The Bertz CT molecular complexity index is 579. The molecule has 3 rings (SSSR count). The van der Waals surface area contributed by atoms with E-state index in [9.17, 15) is 4.79 Å². The largest absolute Gasteiger partial charge is 0.356 e. The third-order valence-electron chi connectivity index (χ3n) is 3.55. The van der Waals surface area contributed by atoms with Crippen LogP contribution in [-0.2, 0) is 11.3 Å². The van der Waals surface area contributed by atoms with Crippen molar-refractivity contribution in [2.45, 2.75) is 13.0 Å². The van der Waals surface area contributed by atoms with Gasteiger partial charge in [-0.15, -0.1) is 12.4 Å². The molecule has 0 atom stereocenters. The van der Waals surface area contributed by atoms with Crippen LogP contribution in [0.5, 0.6) is 0 Å². The molecule has 0 unspecified atom stereocenters. The quantitative estimate of drug-likeness (QED) is 0.814. The van der Waals surface area contributed by atoms with E-state index in [-0.39, 0.29) is 24.2 Å². The Labute approximate surface area is 124 Å². The number of aryl methyl sites for hydroxylation is 1. The molecule has 0 bridgehead atoms. The molecule has 6 heteroatoms. The van der Waals surface area contributed by atoms with Crippen LogP contribution in [0.3, 0.4) is 0 Å². The van der Waals surface area contributed by atoms with Crippen LogP contribution in [-0.4, -0.2) is 35.1 Å². The van der Waals surface area contributed by atoms with E-state index < -0.39 is 0 Å². The molecule has 0 radical (unpaired) electrons. The highest BCUT2D eigenvalue weighted by Gasteiger charge is 2.23. The van der Waals surface area contributed by atoms with Gasteiger partial charge in [-0.25, -0.2) is 4.98 Å². The van der Waals surface area contributed by atoms with E-state index in [0.29, 0.717) is 0 Å². The Morgan fingerprint density at radius 1 is 1.40 bits per heavy atom. The topological polar surface area (TPSA) is 59.0 Å². The number of aromatic nitrogens is 2. The van der Waals surface area contributed by atoms with Crippen LogP contribution >= 0.6 is 12.4 Å². The van der Waals surface area contributed by atoms with Gasteiger partial charge in [-0.3, -0.25) is 4.79 Å². The lowest BCUT2D eigenvalue weighted by molar-refractivity contribution is -0.126. The van der Waals surface area contributed by atoms with Crippen LogP contribution in [0.4, 0.5) is 0 Å². The smallest absolute Gasteiger partial charge is 0.225 e. The predicted octanol–water partition coefficient (Wildman–Crippen LogP) is 1.18. The van der Waals surface area contributed by atoms with Crippen molar-refractivity contribution in [2.24, 2.45) is 5.92 Å². The second-order valence-corrected chi connectivity index (χ2v) is 4.93. The number of rotatable bonds is 5. The first-order chi connectivity index (χ1) is 9.34. The lowest BCUT2D eigenvalue weighted by atomic mass is 10.0. The van der Waals surface area contributed by atoms with Crippen LogP contribution in [0.15, 0.2) is 30.6 Å². The third-order valence-corrected chi connectivity index (χ3v) is 3.55. The number of hydrogen-bond donors (Lipinski definition) is 2. The SMILES string of the molecule is Cl.O=C(NCCCn1cnc2ccccc21)C1CNC1. The molecule has 0 spiro atoms. The van der Waals surface area contributed by atoms with Crippen LogP contribution in [0.2, 0.25) is 0 Å². The van der Waals surface area contributed by atoms with Gasteiger partial charge in [0.2, 0.25) is 5.91 Å². The third kappa shape index (κ3) is 3.11. The number of amides is 1. The first-order valence-electron chi connectivity index (χ1n) is 6.73. The van der Waals surface area contributed by atoms with E-state index in [0.717, 1.165) is 43.6 Å². The summed E-state index contributed by atoms with van der Waals surface area (Å²) in [5.74, 6) is 0.350. The van der Waals surface area contributed by atoms with Gasteiger partial charge in [0.15, 0.2) is 0 Å². The zero-order valence-electron chi connectivity index (χ0n) is 11.2. The monoisotopic (exact) mass is 294 g/mol. The van der Waals surface area contributed by atoms with Gasteiger partial charge in [0, 0.05) is 26.2 Å². The van der Waals surface area contributed by atoms with Crippen molar-refractivity contribution in [3.8, 4) is 0 Å². The number of benzene rings is 1. The van der Waals surface area contributed by atoms with Crippen LogP contribution in [0.1, 0.15) is 6.42 Å². The molecule has 1 aliphatic rings. The van der Waals surface area contributed by atoms with Crippen molar-refractivity contribution >= 4 is 29.3 Å². The number of hydrogen-bond acceptors (Lipinski definition) is 3. The normalized spacial score (nSPS) is 14.6. The Hall–Kier alpha value is -1.59. The summed E-state index contributed by atoms with van der Waals surface area (Å²) in [6, 6.07) is 8.09. The fraction of sp³-hybridized carbons (Fsp3) is 0.429. The molecule has 0 saturated carbocycles. The fourth-order valence-electron chi connectivity index (χ4n) is 2.27. The van der Waals surface area contributed by atoms with Gasteiger partial charge in [-0.05, 0) is 18.6 Å². The number of carbonyl (C=O) groups excluding carboxylic acids is 1. The Kier molecular flexibility index (Phi) is 4.98. The molecule has 1 saturated heterocycles. The van der Waals surface area contributed by atoms with Crippen molar-refractivity contribution < 1.29 is 4.79 Å². The van der Waals surface area contributed by atoms with Crippen molar-refractivity contribution in [2.75, 3.05) is 19.6 Å². The molecule has 1 amide bonds. The summed E-state index contributed by atoms with van der Waals surface area (Å²) in [6.07, 6.45) is 2.79. The number of halogens is 1. The maximum absolute atomic E-state index is 11.6. The van der Waals surface area contributed by atoms with Gasteiger partial charge in [-0.2, -0.15) is 0 Å². The minimum Gasteiger partial charge on any atom is -0.356 e. The van der Waals surface area contributed by atoms with E-state index in [4.69, 9.17) is 0 Å². The molecule has 5 nitrogen and oxygen atoms in total. The summed E-state index contributed by atoms with van der Waals surface area (Å²) >= 11 is 0. The number of nitrogens with zero attached hydrogens (tertiary/aromatic N) is 2. The molecule has 20 heavy (non-hydrogen) atoms. The molecule has 1 aliphatic heterocycles. The molecular formula is C14H19ClN4O. The van der Waals surface area contributed by atoms with E-state index in [1.54, 1.807) is 0 Å². The second-order valence-electron chi connectivity index (χ2n) is 4.93. The number of fused-ring (bicyclic) bond motifs is 1. The zero-order chi connectivity index (χ0) is 13.1. The first kappa shape index (κ1) is 14.8. The molecule has 0 aliphatic carbocycles. The van der Waals surface area contributed by atoms with Gasteiger partial charge in [0.05, 0.1) is 23.3 Å². The van der Waals surface area contributed by atoms with Crippen LogP contribution < -0.4 is 10.6 Å². The average molecular weight is 295 g/mol. The van der Waals surface area contributed by atoms with E-state index in [2.05, 4.69) is 26.3 Å². The molecule has 108 valence electrons. The Morgan fingerprint density at radius 3 is 2.95 bits per heavy atom. The molecule has 2 heterocycles. The van der Waals surface area contributed by atoms with E-state index in [1.807, 2.05) is 24.5 Å². The molecular weight excluding hydrogens is 276 g/mol. The predicted molar refractivity (Wildman–Crippen MR) is 81.0 cm³/mol. The fourth-order valence-corrected chi connectivity index (χ4v) is 2.27. The highest BCUT2D eigenvalue weighted by Crippen LogP contribution is 2.11. The minimum absolute atomic E-state index is 0. The second kappa shape index (κ2) is 6.72. The van der Waals surface area contributed by atoms with Gasteiger partial charge in [0.1, 0.15) is 0 Å². The van der Waals surface area contributed by atoms with Crippen molar-refractivity contribution in [1.82, 2.24) is 20.2 Å². The average Bonchev–Trinajstić information content (AvgIpc) is 2.76.